The second-order valence-corrected chi connectivity index (χ2v) is 4.27. The first-order chi connectivity index (χ1) is 8.01. The Kier molecular flexibility index (Phi) is 4.66. The molecule has 1 atom stereocenters. The maximum absolute atomic E-state index is 12.0. The van der Waals surface area contributed by atoms with Crippen molar-refractivity contribution in [3.8, 4) is 5.75 Å². The third kappa shape index (κ3) is 3.05. The minimum atomic E-state index is -0.897. The number of methoxy groups -OCH3 is 1. The Morgan fingerprint density at radius 1 is 1.47 bits per heavy atom. The van der Waals surface area contributed by atoms with Crippen LogP contribution in [0.3, 0.4) is 0 Å². The molecule has 3 N–H and O–H groups in total. The highest BCUT2D eigenvalue weighted by atomic mass is 16.5. The summed E-state index contributed by atoms with van der Waals surface area (Å²) in [6.07, 6.45) is 0. The Hall–Kier alpha value is -1.39. The van der Waals surface area contributed by atoms with Crippen molar-refractivity contribution in [2.75, 3.05) is 13.7 Å². The highest BCUT2D eigenvalue weighted by Crippen LogP contribution is 2.25. The zero-order chi connectivity index (χ0) is 13.0. The molecule has 1 aromatic rings. The van der Waals surface area contributed by atoms with Crippen molar-refractivity contribution in [2.45, 2.75) is 25.8 Å². The van der Waals surface area contributed by atoms with E-state index in [1.54, 1.807) is 12.1 Å². The van der Waals surface area contributed by atoms with Gasteiger partial charge in [0.1, 0.15) is 5.75 Å². The standard InChI is InChI=1S/C13H19NO3/c1-8(2)9-4-5-12(17-3)10(6-9)13(16)11(14)7-15/h4-6,8,11,15H,7,14H2,1-3H3. The van der Waals surface area contributed by atoms with E-state index >= 15 is 0 Å². The van der Waals surface area contributed by atoms with Crippen LogP contribution in [0.1, 0.15) is 35.7 Å². The number of carbonyl (C=O) groups is 1. The Morgan fingerprint density at radius 3 is 2.59 bits per heavy atom. The third-order valence-corrected chi connectivity index (χ3v) is 2.69. The van der Waals surface area contributed by atoms with E-state index in [9.17, 15) is 4.79 Å². The summed E-state index contributed by atoms with van der Waals surface area (Å²) in [5.74, 6) is 0.507. The zero-order valence-corrected chi connectivity index (χ0v) is 10.4. The largest absolute Gasteiger partial charge is 0.496 e. The molecule has 0 aromatic heterocycles. The van der Waals surface area contributed by atoms with Crippen molar-refractivity contribution in [3.63, 3.8) is 0 Å². The Labute approximate surface area is 101 Å². The van der Waals surface area contributed by atoms with Gasteiger partial charge in [-0.25, -0.2) is 0 Å². The minimum Gasteiger partial charge on any atom is -0.496 e. The number of nitrogens with two attached hydrogens (primary N) is 1. The average Bonchev–Trinajstić information content (AvgIpc) is 2.35. The van der Waals surface area contributed by atoms with E-state index in [1.807, 2.05) is 19.9 Å². The van der Waals surface area contributed by atoms with Crippen molar-refractivity contribution in [3.05, 3.63) is 29.3 Å². The first-order valence-electron chi connectivity index (χ1n) is 5.59. The molecule has 0 fully saturated rings. The van der Waals surface area contributed by atoms with Crippen LogP contribution in [-0.4, -0.2) is 30.6 Å². The average molecular weight is 237 g/mol. The summed E-state index contributed by atoms with van der Waals surface area (Å²) in [7, 11) is 1.51. The smallest absolute Gasteiger partial charge is 0.185 e. The maximum atomic E-state index is 12.0. The van der Waals surface area contributed by atoms with Crippen LogP contribution < -0.4 is 10.5 Å². The Morgan fingerprint density at radius 2 is 2.12 bits per heavy atom. The molecule has 1 aromatic carbocycles. The van der Waals surface area contributed by atoms with Crippen LogP contribution in [-0.2, 0) is 0 Å². The summed E-state index contributed by atoms with van der Waals surface area (Å²) >= 11 is 0. The van der Waals surface area contributed by atoms with E-state index in [-0.39, 0.29) is 12.4 Å². The third-order valence-electron chi connectivity index (χ3n) is 2.69. The van der Waals surface area contributed by atoms with Gasteiger partial charge in [-0.2, -0.15) is 0 Å². The molecule has 0 bridgehead atoms. The Balaban J connectivity index is 3.18. The van der Waals surface area contributed by atoms with Crippen LogP contribution in [0.25, 0.3) is 0 Å². The fourth-order valence-electron chi connectivity index (χ4n) is 1.56. The number of Topliss-reactive ketones (excluding diaryl/α,β-unsaturated/α-hetero) is 1. The van der Waals surface area contributed by atoms with Gasteiger partial charge in [0.2, 0.25) is 0 Å². The number of hydrogen-bond donors (Lipinski definition) is 2. The van der Waals surface area contributed by atoms with E-state index in [1.165, 1.54) is 7.11 Å². The fourth-order valence-corrected chi connectivity index (χ4v) is 1.56. The summed E-state index contributed by atoms with van der Waals surface area (Å²) in [5.41, 5.74) is 7.01. The van der Waals surface area contributed by atoms with Crippen LogP contribution in [0.2, 0.25) is 0 Å². The number of rotatable bonds is 5. The molecule has 1 unspecified atom stereocenters. The lowest BCUT2D eigenvalue weighted by Gasteiger charge is -2.14. The van der Waals surface area contributed by atoms with Crippen molar-refractivity contribution >= 4 is 5.78 Å². The SMILES string of the molecule is COc1ccc(C(C)C)cc1C(=O)C(N)CO. The lowest BCUT2D eigenvalue weighted by atomic mass is 9.96. The molecule has 4 heteroatoms. The predicted molar refractivity (Wildman–Crippen MR) is 66.5 cm³/mol. The van der Waals surface area contributed by atoms with Gasteiger partial charge >= 0.3 is 0 Å². The number of hydrogen-bond acceptors (Lipinski definition) is 4. The minimum absolute atomic E-state index is 0.299. The molecule has 0 spiro atoms. The van der Waals surface area contributed by atoms with E-state index in [4.69, 9.17) is 15.6 Å². The van der Waals surface area contributed by atoms with Gasteiger partial charge < -0.3 is 15.6 Å². The number of aliphatic hydroxyl groups is 1. The van der Waals surface area contributed by atoms with Gasteiger partial charge in [0.15, 0.2) is 5.78 Å². The molecule has 17 heavy (non-hydrogen) atoms. The molecule has 4 nitrogen and oxygen atoms in total. The topological polar surface area (TPSA) is 72.5 Å². The van der Waals surface area contributed by atoms with Crippen LogP contribution >= 0.6 is 0 Å². The quantitative estimate of drug-likeness (QED) is 0.758. The summed E-state index contributed by atoms with van der Waals surface area (Å²) in [5, 5.41) is 8.92. The number of ether oxygens (including phenoxy) is 1. The number of aliphatic hydroxyl groups excluding tert-OH is 1. The molecule has 0 heterocycles. The highest BCUT2D eigenvalue weighted by Gasteiger charge is 2.19. The van der Waals surface area contributed by atoms with Crippen molar-refractivity contribution in [1.82, 2.24) is 0 Å². The van der Waals surface area contributed by atoms with Crippen LogP contribution in [0.4, 0.5) is 0 Å². The molecular formula is C13H19NO3. The maximum Gasteiger partial charge on any atom is 0.185 e. The van der Waals surface area contributed by atoms with Gasteiger partial charge in [0.25, 0.3) is 0 Å². The normalized spacial score (nSPS) is 12.6. The highest BCUT2D eigenvalue weighted by molar-refractivity contribution is 6.02. The molecule has 0 aliphatic heterocycles. The van der Waals surface area contributed by atoms with E-state index in [0.717, 1.165) is 5.56 Å². The zero-order valence-electron chi connectivity index (χ0n) is 10.4. The van der Waals surface area contributed by atoms with Gasteiger partial charge in [0, 0.05) is 0 Å². The second-order valence-electron chi connectivity index (χ2n) is 4.27. The number of ketones is 1. The van der Waals surface area contributed by atoms with Crippen molar-refractivity contribution < 1.29 is 14.6 Å². The summed E-state index contributed by atoms with van der Waals surface area (Å²) in [6, 6.07) is 4.56. The summed E-state index contributed by atoms with van der Waals surface area (Å²) in [4.78, 5) is 12.0. The van der Waals surface area contributed by atoms with Gasteiger partial charge in [-0.05, 0) is 23.6 Å². The number of carbonyl (C=O) groups excluding carboxylic acids is 1. The monoisotopic (exact) mass is 237 g/mol. The van der Waals surface area contributed by atoms with Crippen molar-refractivity contribution in [1.29, 1.82) is 0 Å². The molecule has 0 saturated heterocycles. The van der Waals surface area contributed by atoms with E-state index < -0.39 is 6.04 Å². The molecule has 0 radical (unpaired) electrons. The van der Waals surface area contributed by atoms with Crippen LogP contribution in [0.5, 0.6) is 5.75 Å². The summed E-state index contributed by atoms with van der Waals surface area (Å²) < 4.78 is 5.14. The van der Waals surface area contributed by atoms with Crippen molar-refractivity contribution in [2.24, 2.45) is 5.73 Å². The molecule has 0 amide bonds. The Bertz CT molecular complexity index is 402. The van der Waals surface area contributed by atoms with Gasteiger partial charge in [-0.3, -0.25) is 4.79 Å². The number of benzene rings is 1. The predicted octanol–water partition coefficient (Wildman–Crippen LogP) is 1.32. The lowest BCUT2D eigenvalue weighted by molar-refractivity contribution is 0.0922. The fraction of sp³-hybridized carbons (Fsp3) is 0.462. The molecule has 0 aliphatic rings. The van der Waals surface area contributed by atoms with Crippen LogP contribution in [0, 0.1) is 0 Å². The van der Waals surface area contributed by atoms with Gasteiger partial charge in [-0.1, -0.05) is 19.9 Å². The van der Waals surface area contributed by atoms with Gasteiger partial charge in [0.05, 0.1) is 25.3 Å². The molecular weight excluding hydrogens is 218 g/mol. The molecule has 1 rings (SSSR count). The van der Waals surface area contributed by atoms with E-state index in [2.05, 4.69) is 0 Å². The first kappa shape index (κ1) is 13.7. The summed E-state index contributed by atoms with van der Waals surface area (Å²) in [6.45, 7) is 3.72. The molecule has 0 aliphatic carbocycles. The van der Waals surface area contributed by atoms with Gasteiger partial charge in [-0.15, -0.1) is 0 Å². The first-order valence-corrected chi connectivity index (χ1v) is 5.59. The lowest BCUT2D eigenvalue weighted by Crippen LogP contribution is -2.34. The second kappa shape index (κ2) is 5.80. The van der Waals surface area contributed by atoms with Crippen LogP contribution in [0.15, 0.2) is 18.2 Å². The molecule has 94 valence electrons. The molecule has 0 saturated carbocycles. The van der Waals surface area contributed by atoms with E-state index in [0.29, 0.717) is 17.2 Å².